The van der Waals surface area contributed by atoms with E-state index < -0.39 is 0 Å². The molecule has 2 aromatic rings. The molecule has 2 heterocycles. The number of carbonyl (C=O) groups is 1. The van der Waals surface area contributed by atoms with Crippen molar-refractivity contribution >= 4 is 5.91 Å². The van der Waals surface area contributed by atoms with Crippen molar-refractivity contribution in [2.75, 3.05) is 0 Å². The Hall–Kier alpha value is -0.0822. The Labute approximate surface area is 263 Å². The molecule has 11 heteroatoms. The van der Waals surface area contributed by atoms with Crippen LogP contribution in [0.2, 0.25) is 0 Å². The first-order valence-electron chi connectivity index (χ1n) is 11.1. The Morgan fingerprint density at radius 1 is 0.800 bits per heavy atom. The Balaban J connectivity index is -0.000000186. The van der Waals surface area contributed by atoms with Gasteiger partial charge in [0.1, 0.15) is 0 Å². The second-order valence-corrected chi connectivity index (χ2v) is 7.35. The summed E-state index contributed by atoms with van der Waals surface area (Å²) in [7, 11) is 0. The summed E-state index contributed by atoms with van der Waals surface area (Å²) in [4.78, 5) is 20.1. The first-order valence-corrected chi connectivity index (χ1v) is 11.1. The van der Waals surface area contributed by atoms with Crippen LogP contribution in [0.4, 0.5) is 0 Å². The van der Waals surface area contributed by atoms with Crippen molar-refractivity contribution in [3.8, 4) is 0 Å². The van der Waals surface area contributed by atoms with Gasteiger partial charge in [0.25, 0.3) is 0 Å². The van der Waals surface area contributed by atoms with Crippen LogP contribution in [0.5, 0.6) is 0 Å². The van der Waals surface area contributed by atoms with Crippen molar-refractivity contribution in [2.24, 2.45) is 0 Å². The minimum absolute atomic E-state index is 0. The maximum absolute atomic E-state index is 11.2. The van der Waals surface area contributed by atoms with E-state index in [2.05, 4.69) is 88.0 Å². The van der Waals surface area contributed by atoms with E-state index in [0.717, 1.165) is 0 Å². The zero-order chi connectivity index (χ0) is 25.8. The predicted octanol–water partition coefficient (Wildman–Crippen LogP) is 4.21. The van der Waals surface area contributed by atoms with Crippen LogP contribution in [0.1, 0.15) is 74.0 Å². The minimum Gasteiger partial charge on any atom is -0.459 e. The molecule has 2 aromatic heterocycles. The smallest absolute Gasteiger partial charge is 0.459 e. The van der Waals surface area contributed by atoms with E-state index in [1.807, 2.05) is 45.4 Å². The van der Waals surface area contributed by atoms with E-state index in [0.29, 0.717) is 23.7 Å². The fourth-order valence-electron chi connectivity index (χ4n) is 2.26. The molecule has 35 heavy (non-hydrogen) atoms. The largest absolute Gasteiger partial charge is 3.00 e. The van der Waals surface area contributed by atoms with Crippen LogP contribution in [-0.2, 0) is 70.2 Å². The van der Waals surface area contributed by atoms with Crippen molar-refractivity contribution in [1.82, 2.24) is 30.5 Å². The molecule has 0 saturated heterocycles. The molecule has 0 aromatic carbocycles. The number of hydrogen-bond donors (Lipinski definition) is 1. The molecule has 0 spiro atoms. The number of rotatable bonds is 8. The average molecular weight is 640 g/mol. The molecular weight excluding hydrogens is 598 g/mol. The molecule has 192 valence electrons. The van der Waals surface area contributed by atoms with Crippen LogP contribution in [0, 0.1) is 52.3 Å². The second-order valence-electron chi connectivity index (χ2n) is 7.35. The molecule has 1 N–H and O–H groups in total. The van der Waals surface area contributed by atoms with E-state index in [-0.39, 0.29) is 83.4 Å². The molecule has 0 bridgehead atoms. The number of amides is 1. The van der Waals surface area contributed by atoms with E-state index in [1.165, 1.54) is 0 Å². The number of aromatic nitrogens is 4. The third-order valence-corrected chi connectivity index (χ3v) is 4.58. The van der Waals surface area contributed by atoms with E-state index in [4.69, 9.17) is 0 Å². The first-order chi connectivity index (χ1) is 15.5. The summed E-state index contributed by atoms with van der Waals surface area (Å²) in [5, 5.41) is 10.1. The monoisotopic (exact) mass is 640 g/mol. The molecular formula is C24H42N6O3Y2. The summed E-state index contributed by atoms with van der Waals surface area (Å²) in [5.41, 5.74) is 0. The molecule has 1 amide bonds. The summed E-state index contributed by atoms with van der Waals surface area (Å²) in [6.45, 7) is 21.5. The summed E-state index contributed by atoms with van der Waals surface area (Å²) in [6.07, 6.45) is 12.8. The SMILES string of the molecule is C[CH-]C(C)N(C(C)=O)C(C)[CH-]C.C[CH-]C(C)NC(C)[CH-]C.Cc1n[c-]on1.Cc1n[c-]on1.[Y+3].[Y+3]. The number of hydrogen-bond acceptors (Lipinski definition) is 8. The Kier molecular flexibility index (Phi) is 32.4. The van der Waals surface area contributed by atoms with Gasteiger partial charge >= 0.3 is 65.4 Å². The van der Waals surface area contributed by atoms with Crippen LogP contribution in [0.3, 0.4) is 0 Å². The molecule has 0 aliphatic rings. The fourth-order valence-corrected chi connectivity index (χ4v) is 2.26. The number of aryl methyl sites for hydroxylation is 2. The van der Waals surface area contributed by atoms with E-state index >= 15 is 0 Å². The van der Waals surface area contributed by atoms with Gasteiger partial charge in [0, 0.05) is 18.6 Å². The third kappa shape index (κ3) is 24.0. The number of nitrogens with zero attached hydrogens (tertiary/aromatic N) is 5. The van der Waals surface area contributed by atoms with Gasteiger partial charge in [-0.25, -0.2) is 0 Å². The molecule has 0 radical (unpaired) electrons. The van der Waals surface area contributed by atoms with Gasteiger partial charge < -0.3 is 54.9 Å². The van der Waals surface area contributed by atoms with Crippen LogP contribution in [-0.4, -0.2) is 55.3 Å². The van der Waals surface area contributed by atoms with Gasteiger partial charge in [0.05, 0.1) is 12.8 Å². The normalized spacial score (nSPS) is 12.8. The fraction of sp³-hybridized carbons (Fsp3) is 0.625. The maximum atomic E-state index is 11.2. The van der Waals surface area contributed by atoms with Crippen LogP contribution in [0.25, 0.3) is 0 Å². The maximum Gasteiger partial charge on any atom is 3.00 e. The second kappa shape index (κ2) is 27.0. The molecule has 9 nitrogen and oxygen atoms in total. The van der Waals surface area contributed by atoms with Gasteiger partial charge in [0.15, 0.2) is 0 Å². The van der Waals surface area contributed by atoms with Crippen molar-refractivity contribution < 1.29 is 79.3 Å². The van der Waals surface area contributed by atoms with Crippen molar-refractivity contribution in [1.29, 1.82) is 0 Å². The average Bonchev–Trinajstić information content (AvgIpc) is 3.47. The zero-order valence-corrected chi connectivity index (χ0v) is 28.9. The van der Waals surface area contributed by atoms with E-state index in [9.17, 15) is 4.79 Å². The molecule has 0 aliphatic heterocycles. The first kappa shape index (κ1) is 42.0. The molecule has 4 unspecified atom stereocenters. The summed E-state index contributed by atoms with van der Waals surface area (Å²) in [5.74, 6) is 1.37. The Morgan fingerprint density at radius 3 is 1.29 bits per heavy atom. The standard InChI is InChI=1S/C10H19NO.C8H17N.2C3H3N2O.2Y/c1-6-8(3)11(10(5)12)9(4)7-2;1-5-7(3)9-8(4)6-2;2*1-3-4-2-6-5-3;;/h6-9H,1-5H3;5-9H,1-4H3;2*1H3;;/q2*-2;2*-1;2*+3. The van der Waals surface area contributed by atoms with Gasteiger partial charge in [-0.3, -0.25) is 4.79 Å². The van der Waals surface area contributed by atoms with Gasteiger partial charge in [-0.2, -0.15) is 38.0 Å². The van der Waals surface area contributed by atoms with E-state index in [1.54, 1.807) is 20.8 Å². The molecule has 0 aliphatic carbocycles. The summed E-state index contributed by atoms with van der Waals surface area (Å²) >= 11 is 0. The zero-order valence-electron chi connectivity index (χ0n) is 23.2. The predicted molar refractivity (Wildman–Crippen MR) is 129 cm³/mol. The molecule has 4 atom stereocenters. The van der Waals surface area contributed by atoms with Crippen molar-refractivity contribution in [3.05, 3.63) is 50.1 Å². The third-order valence-electron chi connectivity index (χ3n) is 4.58. The topological polar surface area (TPSA) is 110 Å². The van der Waals surface area contributed by atoms with Gasteiger partial charge in [-0.05, 0) is 0 Å². The van der Waals surface area contributed by atoms with Crippen LogP contribution < -0.4 is 5.32 Å². The number of carbonyl (C=O) groups excluding carboxylic acids is 1. The van der Waals surface area contributed by atoms with Crippen molar-refractivity contribution in [2.45, 2.75) is 100 Å². The van der Waals surface area contributed by atoms with Crippen molar-refractivity contribution in [3.63, 3.8) is 0 Å². The van der Waals surface area contributed by atoms with Gasteiger partial charge in [0.2, 0.25) is 5.91 Å². The van der Waals surface area contributed by atoms with Crippen LogP contribution in [0.15, 0.2) is 9.05 Å². The van der Waals surface area contributed by atoms with Gasteiger partial charge in [-0.15, -0.1) is 12.1 Å². The number of nitrogens with one attached hydrogen (secondary N) is 1. The van der Waals surface area contributed by atoms with Gasteiger partial charge in [-0.1, -0.05) is 53.6 Å². The quantitative estimate of drug-likeness (QED) is 0.428. The molecule has 0 saturated carbocycles. The summed E-state index contributed by atoms with van der Waals surface area (Å²) < 4.78 is 8.46. The Bertz CT molecular complexity index is 625. The minimum atomic E-state index is 0. The van der Waals surface area contributed by atoms with Crippen LogP contribution >= 0.6 is 0 Å². The Morgan fingerprint density at radius 2 is 1.14 bits per heavy atom. The molecule has 0 fully saturated rings. The summed E-state index contributed by atoms with van der Waals surface area (Å²) in [6, 6.07) is 1.48. The molecule has 2 rings (SSSR count).